The SMILES string of the molecule is O=C(COC(=O)C1CC(O)CN1S(=O)(=O)c1ccc(Cl)c(Cl)c1)Nc1cc(Cl)ccc1Oc1ccccc1. The number of esters is 1. The van der Waals surface area contributed by atoms with Crippen LogP contribution in [-0.2, 0) is 24.3 Å². The maximum Gasteiger partial charge on any atom is 0.325 e. The fourth-order valence-electron chi connectivity index (χ4n) is 3.76. The Kier molecular flexibility index (Phi) is 8.81. The second-order valence-electron chi connectivity index (χ2n) is 8.27. The highest BCUT2D eigenvalue weighted by molar-refractivity contribution is 7.89. The number of benzene rings is 3. The summed E-state index contributed by atoms with van der Waals surface area (Å²) < 4.78 is 38.0. The molecular formula is C25H21Cl3N2O7S. The molecule has 0 radical (unpaired) electrons. The first-order chi connectivity index (χ1) is 18.0. The molecule has 38 heavy (non-hydrogen) atoms. The number of para-hydroxylation sites is 1. The number of aliphatic hydroxyl groups is 1. The van der Waals surface area contributed by atoms with Crippen LogP contribution in [0.3, 0.4) is 0 Å². The van der Waals surface area contributed by atoms with E-state index in [4.69, 9.17) is 44.3 Å². The summed E-state index contributed by atoms with van der Waals surface area (Å²) in [7, 11) is -4.23. The van der Waals surface area contributed by atoms with Crippen molar-refractivity contribution in [3.63, 3.8) is 0 Å². The van der Waals surface area contributed by atoms with E-state index in [1.807, 2.05) is 6.07 Å². The average Bonchev–Trinajstić information content (AvgIpc) is 3.29. The molecule has 9 nitrogen and oxygen atoms in total. The third-order valence-electron chi connectivity index (χ3n) is 5.54. The minimum atomic E-state index is -4.23. The van der Waals surface area contributed by atoms with Gasteiger partial charge in [0.2, 0.25) is 10.0 Å². The zero-order chi connectivity index (χ0) is 27.4. The first-order valence-corrected chi connectivity index (χ1v) is 13.8. The van der Waals surface area contributed by atoms with Crippen molar-refractivity contribution < 1.29 is 32.6 Å². The fraction of sp³-hybridized carbons (Fsp3) is 0.200. The summed E-state index contributed by atoms with van der Waals surface area (Å²) >= 11 is 17.9. The van der Waals surface area contributed by atoms with Crippen LogP contribution in [0.2, 0.25) is 15.1 Å². The molecule has 2 N–H and O–H groups in total. The number of sulfonamides is 1. The van der Waals surface area contributed by atoms with Gasteiger partial charge in [-0.3, -0.25) is 9.59 Å². The summed E-state index contributed by atoms with van der Waals surface area (Å²) in [5.74, 6) is -0.874. The molecule has 3 aromatic carbocycles. The van der Waals surface area contributed by atoms with Crippen molar-refractivity contribution in [3.8, 4) is 11.5 Å². The molecule has 0 aliphatic carbocycles. The van der Waals surface area contributed by atoms with E-state index in [0.717, 1.165) is 10.4 Å². The highest BCUT2D eigenvalue weighted by atomic mass is 35.5. The number of rotatable bonds is 8. The molecule has 0 spiro atoms. The maximum absolute atomic E-state index is 13.2. The zero-order valence-electron chi connectivity index (χ0n) is 19.5. The molecule has 0 aromatic heterocycles. The number of nitrogens with zero attached hydrogens (tertiary/aromatic N) is 1. The Morgan fingerprint density at radius 2 is 1.74 bits per heavy atom. The van der Waals surface area contributed by atoms with Crippen molar-refractivity contribution in [3.05, 3.63) is 81.8 Å². The summed E-state index contributed by atoms with van der Waals surface area (Å²) in [6.45, 7) is -1.05. The number of hydrogen-bond acceptors (Lipinski definition) is 7. The van der Waals surface area contributed by atoms with Crippen LogP contribution in [0.4, 0.5) is 5.69 Å². The number of aliphatic hydroxyl groups excluding tert-OH is 1. The smallest absolute Gasteiger partial charge is 0.325 e. The molecule has 200 valence electrons. The Balaban J connectivity index is 1.43. The van der Waals surface area contributed by atoms with Gasteiger partial charge >= 0.3 is 5.97 Å². The van der Waals surface area contributed by atoms with Crippen molar-refractivity contribution >= 4 is 62.4 Å². The first-order valence-electron chi connectivity index (χ1n) is 11.2. The number of amides is 1. The van der Waals surface area contributed by atoms with Crippen molar-refractivity contribution in [1.82, 2.24) is 4.31 Å². The molecule has 1 amide bonds. The van der Waals surface area contributed by atoms with Gasteiger partial charge in [-0.1, -0.05) is 53.0 Å². The third kappa shape index (κ3) is 6.58. The summed E-state index contributed by atoms with van der Waals surface area (Å²) in [6, 6.07) is 15.8. The molecule has 2 unspecified atom stereocenters. The zero-order valence-corrected chi connectivity index (χ0v) is 22.6. The van der Waals surface area contributed by atoms with Crippen molar-refractivity contribution in [2.24, 2.45) is 0 Å². The highest BCUT2D eigenvalue weighted by Gasteiger charge is 2.44. The maximum atomic E-state index is 13.2. The van der Waals surface area contributed by atoms with E-state index in [1.165, 1.54) is 18.2 Å². The summed E-state index contributed by atoms with van der Waals surface area (Å²) in [4.78, 5) is 25.2. The third-order valence-corrected chi connectivity index (χ3v) is 8.38. The van der Waals surface area contributed by atoms with Crippen molar-refractivity contribution in [1.29, 1.82) is 0 Å². The fourth-order valence-corrected chi connectivity index (χ4v) is 5.95. The van der Waals surface area contributed by atoms with Crippen LogP contribution in [0.5, 0.6) is 11.5 Å². The van der Waals surface area contributed by atoms with Crippen LogP contribution in [0.15, 0.2) is 71.6 Å². The monoisotopic (exact) mass is 598 g/mol. The van der Waals surface area contributed by atoms with Gasteiger partial charge in [0.05, 0.1) is 26.7 Å². The van der Waals surface area contributed by atoms with E-state index >= 15 is 0 Å². The van der Waals surface area contributed by atoms with Crippen LogP contribution < -0.4 is 10.1 Å². The van der Waals surface area contributed by atoms with Crippen molar-refractivity contribution in [2.45, 2.75) is 23.5 Å². The Labute approximate surface area is 233 Å². The first kappa shape index (κ1) is 28.2. The molecule has 13 heteroatoms. The lowest BCUT2D eigenvalue weighted by atomic mass is 10.2. The number of halogens is 3. The summed E-state index contributed by atoms with van der Waals surface area (Å²) in [5.41, 5.74) is 0.238. The number of ether oxygens (including phenoxy) is 2. The molecule has 1 fully saturated rings. The van der Waals surface area contributed by atoms with Crippen LogP contribution in [-0.4, -0.2) is 55.0 Å². The summed E-state index contributed by atoms with van der Waals surface area (Å²) in [5, 5.41) is 13.2. The van der Waals surface area contributed by atoms with Gasteiger partial charge in [0.1, 0.15) is 11.8 Å². The Hall–Kier alpha value is -2.86. The van der Waals surface area contributed by atoms with Gasteiger partial charge in [0, 0.05) is 18.0 Å². The molecule has 4 rings (SSSR count). The predicted octanol–water partition coefficient (Wildman–Crippen LogP) is 4.74. The van der Waals surface area contributed by atoms with E-state index in [0.29, 0.717) is 16.5 Å². The second kappa shape index (κ2) is 11.9. The van der Waals surface area contributed by atoms with E-state index < -0.39 is 40.7 Å². The lowest BCUT2D eigenvalue weighted by Gasteiger charge is -2.22. The number of anilines is 1. The number of nitrogens with one attached hydrogen (secondary N) is 1. The standard InChI is InChI=1S/C25H21Cl3N2O7S/c26-15-6-9-23(37-17-4-2-1-3-5-17)21(10-15)29-24(32)14-36-25(33)22-11-16(31)13-30(22)38(34,35)18-7-8-19(27)20(28)12-18/h1-10,12,16,22,31H,11,13-14H2,(H,29,32). The van der Waals surface area contributed by atoms with Gasteiger partial charge in [-0.15, -0.1) is 0 Å². The lowest BCUT2D eigenvalue weighted by molar-refractivity contribution is -0.150. The van der Waals surface area contributed by atoms with Gasteiger partial charge in [-0.2, -0.15) is 4.31 Å². The van der Waals surface area contributed by atoms with Gasteiger partial charge < -0.3 is 19.9 Å². The molecule has 3 aromatic rings. The molecule has 0 saturated carbocycles. The van der Waals surface area contributed by atoms with Crippen molar-refractivity contribution in [2.75, 3.05) is 18.5 Å². The lowest BCUT2D eigenvalue weighted by Crippen LogP contribution is -2.42. The Morgan fingerprint density at radius 1 is 1.00 bits per heavy atom. The molecular weight excluding hydrogens is 579 g/mol. The largest absolute Gasteiger partial charge is 0.455 e. The number of β-amino-alcohol motifs (C(OH)–C–C–N with tert-alkyl or cyclic N) is 1. The normalized spacial score (nSPS) is 17.7. The second-order valence-corrected chi connectivity index (χ2v) is 11.4. The molecule has 1 saturated heterocycles. The van der Waals surface area contributed by atoms with Crippen LogP contribution in [0.1, 0.15) is 6.42 Å². The predicted molar refractivity (Wildman–Crippen MR) is 142 cm³/mol. The Morgan fingerprint density at radius 3 is 2.45 bits per heavy atom. The van der Waals surface area contributed by atoms with Crippen LogP contribution in [0.25, 0.3) is 0 Å². The van der Waals surface area contributed by atoms with Gasteiger partial charge in [0.25, 0.3) is 5.91 Å². The minimum absolute atomic E-state index is 0.0138. The number of carbonyl (C=O) groups is 2. The topological polar surface area (TPSA) is 122 Å². The average molecular weight is 600 g/mol. The van der Waals surface area contributed by atoms with Gasteiger partial charge in [-0.05, 0) is 48.5 Å². The van der Waals surface area contributed by atoms with Gasteiger partial charge in [-0.25, -0.2) is 8.42 Å². The number of hydrogen-bond donors (Lipinski definition) is 2. The molecule has 2 atom stereocenters. The molecule has 1 heterocycles. The summed E-state index contributed by atoms with van der Waals surface area (Å²) in [6.07, 6.45) is -1.31. The number of carbonyl (C=O) groups excluding carboxylic acids is 2. The van der Waals surface area contributed by atoms with Crippen LogP contribution >= 0.6 is 34.8 Å². The van der Waals surface area contributed by atoms with E-state index in [9.17, 15) is 23.1 Å². The van der Waals surface area contributed by atoms with E-state index in [-0.39, 0.29) is 33.6 Å². The van der Waals surface area contributed by atoms with Crippen LogP contribution in [0, 0.1) is 0 Å². The van der Waals surface area contributed by atoms with E-state index in [1.54, 1.807) is 36.4 Å². The van der Waals surface area contributed by atoms with Gasteiger partial charge in [0.15, 0.2) is 12.4 Å². The Bertz CT molecular complexity index is 1450. The molecule has 1 aliphatic heterocycles. The minimum Gasteiger partial charge on any atom is -0.455 e. The van der Waals surface area contributed by atoms with E-state index in [2.05, 4.69) is 5.32 Å². The highest BCUT2D eigenvalue weighted by Crippen LogP contribution is 2.33. The quantitative estimate of drug-likeness (QED) is 0.359. The molecule has 1 aliphatic rings. The molecule has 0 bridgehead atoms.